The highest BCUT2D eigenvalue weighted by Crippen LogP contribution is 2.36. The van der Waals surface area contributed by atoms with Crippen molar-refractivity contribution in [2.45, 2.75) is 37.3 Å². The van der Waals surface area contributed by atoms with E-state index in [9.17, 15) is 8.42 Å². The van der Waals surface area contributed by atoms with Crippen molar-refractivity contribution in [3.8, 4) is 0 Å². The fourth-order valence-corrected chi connectivity index (χ4v) is 4.11. The van der Waals surface area contributed by atoms with Gasteiger partial charge in [-0.1, -0.05) is 52.5 Å². The molecule has 1 aliphatic heterocycles. The molecular formula is C17H19NO3S. The second kappa shape index (κ2) is 5.83. The predicted molar refractivity (Wildman–Crippen MR) is 84.6 cm³/mol. The molecule has 2 aromatic carbocycles. The first-order chi connectivity index (χ1) is 10.5. The fourth-order valence-electron chi connectivity index (χ4n) is 2.64. The number of nitrogens with zero attached hydrogens (tertiary/aromatic N) is 1. The third kappa shape index (κ3) is 2.79. The summed E-state index contributed by atoms with van der Waals surface area (Å²) in [5, 5.41) is 0. The normalized spacial score (nSPS) is 22.8. The SMILES string of the molecule is Cc1ccc(S(=O)(=O)N2O[C@@H](c3ccccc3)CC2C)cc1. The van der Waals surface area contributed by atoms with Crippen LogP contribution in [0.25, 0.3) is 0 Å². The van der Waals surface area contributed by atoms with E-state index in [0.717, 1.165) is 15.6 Å². The maximum atomic E-state index is 12.7. The van der Waals surface area contributed by atoms with Crippen molar-refractivity contribution in [2.24, 2.45) is 0 Å². The van der Waals surface area contributed by atoms with Crippen molar-refractivity contribution in [1.82, 2.24) is 4.47 Å². The molecule has 1 saturated heterocycles. The Morgan fingerprint density at radius 3 is 2.32 bits per heavy atom. The summed E-state index contributed by atoms with van der Waals surface area (Å²) in [5.74, 6) is 0. The lowest BCUT2D eigenvalue weighted by atomic mass is 10.0. The van der Waals surface area contributed by atoms with Crippen molar-refractivity contribution in [3.63, 3.8) is 0 Å². The van der Waals surface area contributed by atoms with Gasteiger partial charge >= 0.3 is 0 Å². The second-order valence-electron chi connectivity index (χ2n) is 5.66. The van der Waals surface area contributed by atoms with Crippen molar-refractivity contribution >= 4 is 10.0 Å². The van der Waals surface area contributed by atoms with Crippen LogP contribution in [0.5, 0.6) is 0 Å². The van der Waals surface area contributed by atoms with Crippen LogP contribution in [0.2, 0.25) is 0 Å². The lowest BCUT2D eigenvalue weighted by Gasteiger charge is -2.20. The number of rotatable bonds is 3. The lowest BCUT2D eigenvalue weighted by molar-refractivity contribution is -0.0890. The Bertz CT molecular complexity index is 741. The smallest absolute Gasteiger partial charge is 0.265 e. The molecular weight excluding hydrogens is 298 g/mol. The van der Waals surface area contributed by atoms with Crippen LogP contribution in [0.3, 0.4) is 0 Å². The van der Waals surface area contributed by atoms with E-state index in [2.05, 4.69) is 0 Å². The van der Waals surface area contributed by atoms with E-state index in [-0.39, 0.29) is 17.0 Å². The van der Waals surface area contributed by atoms with E-state index < -0.39 is 10.0 Å². The molecule has 0 N–H and O–H groups in total. The molecule has 3 rings (SSSR count). The monoisotopic (exact) mass is 317 g/mol. The van der Waals surface area contributed by atoms with E-state index in [1.165, 1.54) is 0 Å². The molecule has 0 radical (unpaired) electrons. The summed E-state index contributed by atoms with van der Waals surface area (Å²) in [6, 6.07) is 16.3. The Morgan fingerprint density at radius 1 is 1.05 bits per heavy atom. The number of hydroxylamine groups is 1. The Kier molecular flexibility index (Phi) is 4.04. The van der Waals surface area contributed by atoms with Crippen molar-refractivity contribution in [3.05, 3.63) is 65.7 Å². The Labute approximate surface area is 131 Å². The van der Waals surface area contributed by atoms with Gasteiger partial charge in [0.25, 0.3) is 10.0 Å². The topological polar surface area (TPSA) is 46.6 Å². The maximum Gasteiger partial charge on any atom is 0.265 e. The molecule has 0 bridgehead atoms. The molecule has 2 atom stereocenters. The lowest BCUT2D eigenvalue weighted by Crippen LogP contribution is -2.32. The first-order valence-corrected chi connectivity index (χ1v) is 8.75. The van der Waals surface area contributed by atoms with Crippen LogP contribution in [-0.4, -0.2) is 18.9 Å². The standard InChI is InChI=1S/C17H19NO3S/c1-13-8-10-16(11-9-13)22(19,20)18-14(2)12-17(21-18)15-6-4-3-5-7-15/h3-11,14,17H,12H2,1-2H3/t14?,17-/m1/s1. The Balaban J connectivity index is 1.87. The molecule has 5 heteroatoms. The minimum absolute atomic E-state index is 0.198. The first kappa shape index (κ1) is 15.2. The average molecular weight is 317 g/mol. The van der Waals surface area contributed by atoms with Crippen molar-refractivity contribution in [1.29, 1.82) is 0 Å². The van der Waals surface area contributed by atoms with E-state index in [4.69, 9.17) is 4.84 Å². The molecule has 2 aromatic rings. The summed E-state index contributed by atoms with van der Waals surface area (Å²) in [4.78, 5) is 6.02. The fraction of sp³-hybridized carbons (Fsp3) is 0.294. The number of hydrogen-bond donors (Lipinski definition) is 0. The first-order valence-electron chi connectivity index (χ1n) is 7.31. The van der Waals surface area contributed by atoms with E-state index in [1.807, 2.05) is 44.2 Å². The molecule has 0 saturated carbocycles. The van der Waals surface area contributed by atoms with Gasteiger partial charge in [-0.25, -0.2) is 8.42 Å². The highest BCUT2D eigenvalue weighted by Gasteiger charge is 2.40. The highest BCUT2D eigenvalue weighted by atomic mass is 32.2. The zero-order valence-corrected chi connectivity index (χ0v) is 13.5. The van der Waals surface area contributed by atoms with E-state index >= 15 is 0 Å². The van der Waals surface area contributed by atoms with Crippen molar-refractivity contribution in [2.75, 3.05) is 0 Å². The Morgan fingerprint density at radius 2 is 1.68 bits per heavy atom. The third-order valence-corrected chi connectivity index (χ3v) is 5.66. The summed E-state index contributed by atoms with van der Waals surface area (Å²) >= 11 is 0. The molecule has 1 aliphatic rings. The highest BCUT2D eigenvalue weighted by molar-refractivity contribution is 7.89. The second-order valence-corrected chi connectivity index (χ2v) is 7.44. The number of sulfonamides is 1. The molecule has 0 aliphatic carbocycles. The van der Waals surface area contributed by atoms with Crippen LogP contribution in [0.15, 0.2) is 59.5 Å². The third-order valence-electron chi connectivity index (χ3n) is 3.87. The molecule has 0 spiro atoms. The van der Waals surface area contributed by atoms with Crippen LogP contribution in [0.4, 0.5) is 0 Å². The summed E-state index contributed by atoms with van der Waals surface area (Å²) in [6.45, 7) is 3.80. The van der Waals surface area contributed by atoms with Gasteiger partial charge in [0.1, 0.15) is 6.10 Å². The van der Waals surface area contributed by atoms with Gasteiger partial charge in [0.15, 0.2) is 0 Å². The number of aryl methyl sites for hydroxylation is 1. The largest absolute Gasteiger partial charge is 0.276 e. The quantitative estimate of drug-likeness (QED) is 0.871. The number of benzene rings is 2. The van der Waals surface area contributed by atoms with E-state index in [0.29, 0.717) is 6.42 Å². The Hall–Kier alpha value is -1.69. The zero-order valence-electron chi connectivity index (χ0n) is 12.6. The van der Waals surface area contributed by atoms with Crippen LogP contribution in [0, 0.1) is 6.92 Å². The van der Waals surface area contributed by atoms with Crippen LogP contribution < -0.4 is 0 Å². The maximum absolute atomic E-state index is 12.7. The van der Waals surface area contributed by atoms with Crippen LogP contribution >= 0.6 is 0 Å². The molecule has 1 unspecified atom stereocenters. The van der Waals surface area contributed by atoms with Gasteiger partial charge in [-0.3, -0.25) is 4.84 Å². The van der Waals surface area contributed by atoms with Gasteiger partial charge in [-0.05, 0) is 38.0 Å². The van der Waals surface area contributed by atoms with Gasteiger partial charge in [0.2, 0.25) is 0 Å². The van der Waals surface area contributed by atoms with E-state index in [1.54, 1.807) is 24.3 Å². The minimum Gasteiger partial charge on any atom is -0.276 e. The van der Waals surface area contributed by atoms with Gasteiger partial charge in [-0.2, -0.15) is 0 Å². The molecule has 1 heterocycles. The minimum atomic E-state index is -3.63. The molecule has 22 heavy (non-hydrogen) atoms. The summed E-state index contributed by atoms with van der Waals surface area (Å²) in [7, 11) is -3.63. The molecule has 0 amide bonds. The molecule has 0 aromatic heterocycles. The summed E-state index contributed by atoms with van der Waals surface area (Å²) < 4.78 is 26.6. The number of hydrogen-bond acceptors (Lipinski definition) is 3. The van der Waals surface area contributed by atoms with Gasteiger partial charge in [0, 0.05) is 0 Å². The predicted octanol–water partition coefficient (Wildman–Crippen LogP) is 3.45. The van der Waals surface area contributed by atoms with Gasteiger partial charge < -0.3 is 0 Å². The zero-order chi connectivity index (χ0) is 15.7. The van der Waals surface area contributed by atoms with Crippen LogP contribution in [-0.2, 0) is 14.9 Å². The molecule has 116 valence electrons. The van der Waals surface area contributed by atoms with Crippen molar-refractivity contribution < 1.29 is 13.3 Å². The van der Waals surface area contributed by atoms with Gasteiger partial charge in [0.05, 0.1) is 10.9 Å². The summed E-state index contributed by atoms with van der Waals surface area (Å²) in [6.07, 6.45) is 0.422. The molecule has 1 fully saturated rings. The average Bonchev–Trinajstić information content (AvgIpc) is 2.91. The van der Waals surface area contributed by atoms with Gasteiger partial charge in [-0.15, -0.1) is 0 Å². The molecule has 4 nitrogen and oxygen atoms in total. The summed E-state index contributed by atoms with van der Waals surface area (Å²) in [5.41, 5.74) is 2.02. The van der Waals surface area contributed by atoms with Crippen LogP contribution in [0.1, 0.15) is 30.6 Å².